The largest absolute Gasteiger partial charge is 0.496 e. The third kappa shape index (κ3) is 6.66. The van der Waals surface area contributed by atoms with Crippen molar-refractivity contribution in [3.05, 3.63) is 100 Å². The standard InChI is InChI=1S/C35H43ClN2O4/c1-34(2,3)25-17-18-27(42-7)24(19-25)21-37-30-29(35(4,5)6)32(33(40)41)38(31(30)22-13-9-8-10-14-22)28(39)20-23-15-11-12-16-26(23)36/h8-19,29-32,37H,20-21H2,1-7H3,(H,40,41)/t29-,30-,31-,32-/m0/s1. The lowest BCUT2D eigenvalue weighted by molar-refractivity contribution is -0.152. The lowest BCUT2D eigenvalue weighted by Gasteiger charge is -2.35. The molecule has 0 unspecified atom stereocenters. The third-order valence-electron chi connectivity index (χ3n) is 8.32. The van der Waals surface area contributed by atoms with E-state index >= 15 is 0 Å². The predicted octanol–water partition coefficient (Wildman–Crippen LogP) is 7.05. The summed E-state index contributed by atoms with van der Waals surface area (Å²) in [7, 11) is 1.66. The first kappa shape index (κ1) is 31.6. The Bertz CT molecular complexity index is 1410. The molecule has 0 aromatic heterocycles. The molecule has 2 N–H and O–H groups in total. The summed E-state index contributed by atoms with van der Waals surface area (Å²) in [5.41, 5.74) is 3.23. The molecule has 0 aliphatic carbocycles. The summed E-state index contributed by atoms with van der Waals surface area (Å²) in [6, 6.07) is 21.3. The fourth-order valence-corrected chi connectivity index (χ4v) is 6.47. The fraction of sp³-hybridized carbons (Fsp3) is 0.429. The molecule has 3 aromatic carbocycles. The highest BCUT2D eigenvalue weighted by atomic mass is 35.5. The number of likely N-dealkylation sites (tertiary alicyclic amines) is 1. The van der Waals surface area contributed by atoms with Crippen LogP contribution in [-0.4, -0.2) is 41.1 Å². The van der Waals surface area contributed by atoms with Gasteiger partial charge in [0, 0.05) is 29.1 Å². The molecule has 1 heterocycles. The van der Waals surface area contributed by atoms with Crippen LogP contribution in [0.25, 0.3) is 0 Å². The number of nitrogens with zero attached hydrogens (tertiary/aromatic N) is 1. The summed E-state index contributed by atoms with van der Waals surface area (Å²) in [6.07, 6.45) is 0.0117. The Balaban J connectivity index is 1.82. The number of carbonyl (C=O) groups excluding carboxylic acids is 1. The summed E-state index contributed by atoms with van der Waals surface area (Å²) in [5.74, 6) is -0.916. The normalized spacial score (nSPS) is 20.9. The van der Waals surface area contributed by atoms with E-state index in [4.69, 9.17) is 16.3 Å². The number of carboxylic acids is 1. The van der Waals surface area contributed by atoms with Gasteiger partial charge in [0.2, 0.25) is 5.91 Å². The van der Waals surface area contributed by atoms with E-state index in [9.17, 15) is 14.7 Å². The van der Waals surface area contributed by atoms with Crippen LogP contribution in [-0.2, 0) is 28.0 Å². The van der Waals surface area contributed by atoms with E-state index in [1.807, 2.05) is 75.4 Å². The average molecular weight is 591 g/mol. The molecule has 4 atom stereocenters. The number of carbonyl (C=O) groups is 2. The van der Waals surface area contributed by atoms with Crippen molar-refractivity contribution in [2.24, 2.45) is 11.3 Å². The second-order valence-corrected chi connectivity index (χ2v) is 13.7. The Labute approximate surface area is 255 Å². The zero-order chi connectivity index (χ0) is 30.8. The number of ether oxygens (including phenoxy) is 1. The van der Waals surface area contributed by atoms with Crippen molar-refractivity contribution < 1.29 is 19.4 Å². The number of hydrogen-bond donors (Lipinski definition) is 2. The highest BCUT2D eigenvalue weighted by Crippen LogP contribution is 2.48. The lowest BCUT2D eigenvalue weighted by atomic mass is 9.72. The van der Waals surface area contributed by atoms with Crippen LogP contribution in [0.3, 0.4) is 0 Å². The molecule has 1 amide bonds. The van der Waals surface area contributed by atoms with E-state index in [1.54, 1.807) is 18.1 Å². The lowest BCUT2D eigenvalue weighted by Crippen LogP contribution is -2.48. The molecule has 1 saturated heterocycles. The predicted molar refractivity (Wildman–Crippen MR) is 168 cm³/mol. The highest BCUT2D eigenvalue weighted by Gasteiger charge is 2.57. The molecule has 42 heavy (non-hydrogen) atoms. The molecule has 1 fully saturated rings. The van der Waals surface area contributed by atoms with Gasteiger partial charge in [0.1, 0.15) is 11.8 Å². The van der Waals surface area contributed by atoms with Crippen molar-refractivity contribution in [3.8, 4) is 5.75 Å². The van der Waals surface area contributed by atoms with Crippen molar-refractivity contribution in [2.45, 2.75) is 78.0 Å². The summed E-state index contributed by atoms with van der Waals surface area (Å²) in [5, 5.41) is 14.9. The number of methoxy groups -OCH3 is 1. The maximum Gasteiger partial charge on any atom is 0.326 e. The first-order valence-electron chi connectivity index (χ1n) is 14.5. The van der Waals surface area contributed by atoms with Gasteiger partial charge in [-0.2, -0.15) is 0 Å². The minimum absolute atomic E-state index is 0.0117. The highest BCUT2D eigenvalue weighted by molar-refractivity contribution is 6.31. The molecule has 4 rings (SSSR count). The Kier molecular flexibility index (Phi) is 9.39. The Morgan fingerprint density at radius 2 is 1.57 bits per heavy atom. The molecule has 0 bridgehead atoms. The van der Waals surface area contributed by atoms with Gasteiger partial charge in [0.15, 0.2) is 0 Å². The van der Waals surface area contributed by atoms with Crippen LogP contribution >= 0.6 is 11.6 Å². The number of carboxylic acid groups (broad SMARTS) is 1. The van der Waals surface area contributed by atoms with Crippen LogP contribution in [0, 0.1) is 11.3 Å². The molecule has 0 spiro atoms. The molecule has 0 saturated carbocycles. The Hall–Kier alpha value is -3.35. The van der Waals surface area contributed by atoms with Gasteiger partial charge >= 0.3 is 5.97 Å². The molecule has 7 heteroatoms. The van der Waals surface area contributed by atoms with E-state index in [0.29, 0.717) is 17.1 Å². The van der Waals surface area contributed by atoms with E-state index in [1.165, 1.54) is 5.56 Å². The number of aliphatic carboxylic acids is 1. The minimum atomic E-state index is -1.04. The number of halogens is 1. The van der Waals surface area contributed by atoms with Crippen molar-refractivity contribution in [1.82, 2.24) is 10.2 Å². The van der Waals surface area contributed by atoms with Crippen molar-refractivity contribution >= 4 is 23.5 Å². The van der Waals surface area contributed by atoms with Crippen LogP contribution < -0.4 is 10.1 Å². The van der Waals surface area contributed by atoms with Crippen LogP contribution in [0.15, 0.2) is 72.8 Å². The minimum Gasteiger partial charge on any atom is -0.496 e. The first-order valence-corrected chi connectivity index (χ1v) is 14.8. The Morgan fingerprint density at radius 3 is 2.14 bits per heavy atom. The van der Waals surface area contributed by atoms with Gasteiger partial charge in [0.05, 0.1) is 19.6 Å². The van der Waals surface area contributed by atoms with E-state index in [2.05, 4.69) is 38.2 Å². The monoisotopic (exact) mass is 590 g/mol. The molecule has 6 nitrogen and oxygen atoms in total. The zero-order valence-electron chi connectivity index (χ0n) is 25.6. The average Bonchev–Trinajstić information content (AvgIpc) is 3.29. The fourth-order valence-electron chi connectivity index (χ4n) is 6.27. The number of nitrogens with one attached hydrogen (secondary N) is 1. The topological polar surface area (TPSA) is 78.9 Å². The second kappa shape index (κ2) is 12.5. The van der Waals surface area contributed by atoms with Crippen LogP contribution in [0.4, 0.5) is 0 Å². The van der Waals surface area contributed by atoms with E-state index in [-0.39, 0.29) is 23.8 Å². The van der Waals surface area contributed by atoms with Crippen molar-refractivity contribution in [2.75, 3.05) is 7.11 Å². The van der Waals surface area contributed by atoms with Crippen LogP contribution in [0.2, 0.25) is 5.02 Å². The summed E-state index contributed by atoms with van der Waals surface area (Å²) < 4.78 is 5.72. The smallest absolute Gasteiger partial charge is 0.326 e. The van der Waals surface area contributed by atoms with Gasteiger partial charge < -0.3 is 20.1 Å². The first-order chi connectivity index (χ1) is 19.7. The van der Waals surface area contributed by atoms with E-state index < -0.39 is 29.4 Å². The summed E-state index contributed by atoms with van der Waals surface area (Å²) >= 11 is 6.44. The third-order valence-corrected chi connectivity index (χ3v) is 8.69. The quantitative estimate of drug-likeness (QED) is 0.294. The SMILES string of the molecule is COc1ccc(C(C)(C)C)cc1CN[C@H]1[C@H](C(C)(C)C)[C@@H](C(=O)O)N(C(=O)Cc2ccccc2Cl)[C@H]1c1ccccc1. The van der Waals surface area contributed by atoms with Gasteiger partial charge in [-0.25, -0.2) is 4.79 Å². The van der Waals surface area contributed by atoms with Gasteiger partial charge in [-0.15, -0.1) is 0 Å². The zero-order valence-corrected chi connectivity index (χ0v) is 26.4. The molecular formula is C35H43ClN2O4. The van der Waals surface area contributed by atoms with Crippen LogP contribution in [0.5, 0.6) is 5.75 Å². The molecule has 1 aliphatic heterocycles. The summed E-state index contributed by atoms with van der Waals surface area (Å²) in [4.78, 5) is 28.8. The second-order valence-electron chi connectivity index (χ2n) is 13.3. The number of benzene rings is 3. The van der Waals surface area contributed by atoms with Gasteiger partial charge in [0.25, 0.3) is 0 Å². The number of hydrogen-bond acceptors (Lipinski definition) is 4. The molecule has 0 radical (unpaired) electrons. The molecule has 3 aromatic rings. The van der Waals surface area contributed by atoms with Gasteiger partial charge in [-0.3, -0.25) is 4.79 Å². The number of amides is 1. The molecule has 1 aliphatic rings. The molecule has 224 valence electrons. The Morgan fingerprint density at radius 1 is 0.929 bits per heavy atom. The van der Waals surface area contributed by atoms with Crippen molar-refractivity contribution in [3.63, 3.8) is 0 Å². The van der Waals surface area contributed by atoms with E-state index in [0.717, 1.165) is 16.9 Å². The van der Waals surface area contributed by atoms with Crippen molar-refractivity contribution in [1.29, 1.82) is 0 Å². The van der Waals surface area contributed by atoms with Gasteiger partial charge in [-0.1, -0.05) is 114 Å². The van der Waals surface area contributed by atoms with Gasteiger partial charge in [-0.05, 0) is 39.7 Å². The molecular weight excluding hydrogens is 548 g/mol. The maximum atomic E-state index is 14.2. The summed E-state index contributed by atoms with van der Waals surface area (Å²) in [6.45, 7) is 13.1. The number of rotatable bonds is 8. The van der Waals surface area contributed by atoms with Crippen LogP contribution in [0.1, 0.15) is 69.8 Å². The maximum absolute atomic E-state index is 14.2.